The van der Waals surface area contributed by atoms with Crippen molar-refractivity contribution >= 4 is 5.97 Å². The summed E-state index contributed by atoms with van der Waals surface area (Å²) in [5.41, 5.74) is 0.914. The van der Waals surface area contributed by atoms with Gasteiger partial charge in [-0.2, -0.15) is 5.26 Å². The van der Waals surface area contributed by atoms with Crippen LogP contribution in [0.5, 0.6) is 11.5 Å². The molecule has 2 aromatic rings. The zero-order chi connectivity index (χ0) is 18.8. The van der Waals surface area contributed by atoms with Crippen LogP contribution in [0.25, 0.3) is 0 Å². The number of hydrogen-bond donors (Lipinski definition) is 0. The Morgan fingerprint density at radius 3 is 2.27 bits per heavy atom. The Morgan fingerprint density at radius 2 is 1.65 bits per heavy atom. The van der Waals surface area contributed by atoms with Crippen LogP contribution < -0.4 is 9.47 Å². The minimum absolute atomic E-state index is 0.166. The molecule has 0 aromatic heterocycles. The molecule has 4 nitrogen and oxygen atoms in total. The van der Waals surface area contributed by atoms with Crippen LogP contribution in [-0.4, -0.2) is 12.1 Å². The SMILES string of the molecule is CCCCCC[C@@H](C)Oc1ccc(OC(=O)c2ccc(C#N)cc2)cc1. The fraction of sp³-hybridized carbons (Fsp3) is 0.364. The summed E-state index contributed by atoms with van der Waals surface area (Å²) in [7, 11) is 0. The predicted octanol–water partition coefficient (Wildman–Crippen LogP) is 5.52. The molecule has 0 aliphatic rings. The lowest BCUT2D eigenvalue weighted by molar-refractivity contribution is 0.0734. The number of nitriles is 1. The van der Waals surface area contributed by atoms with Crippen molar-refractivity contribution in [2.45, 2.75) is 52.1 Å². The third kappa shape index (κ3) is 6.25. The molecule has 4 heteroatoms. The molecule has 1 atom stereocenters. The van der Waals surface area contributed by atoms with E-state index in [1.807, 2.05) is 18.2 Å². The molecular weight excluding hydrogens is 326 g/mol. The maximum absolute atomic E-state index is 12.1. The van der Waals surface area contributed by atoms with E-state index in [0.29, 0.717) is 16.9 Å². The smallest absolute Gasteiger partial charge is 0.343 e. The fourth-order valence-electron chi connectivity index (χ4n) is 2.58. The summed E-state index contributed by atoms with van der Waals surface area (Å²) in [6, 6.07) is 15.4. The number of ether oxygens (including phenoxy) is 2. The van der Waals surface area contributed by atoms with Crippen molar-refractivity contribution in [3.63, 3.8) is 0 Å². The lowest BCUT2D eigenvalue weighted by Crippen LogP contribution is -2.11. The monoisotopic (exact) mass is 351 g/mol. The molecule has 0 aliphatic carbocycles. The Kier molecular flexibility index (Phi) is 7.70. The summed E-state index contributed by atoms with van der Waals surface area (Å²) < 4.78 is 11.2. The highest BCUT2D eigenvalue weighted by molar-refractivity contribution is 5.91. The standard InChI is InChI=1S/C22H25NO3/c1-3-4-5-6-7-17(2)25-20-12-14-21(15-13-20)26-22(24)19-10-8-18(16-23)9-11-19/h8-15,17H,3-7H2,1-2H3/t17-/m1/s1. The second-order valence-corrected chi connectivity index (χ2v) is 6.33. The van der Waals surface area contributed by atoms with Crippen LogP contribution in [0.3, 0.4) is 0 Å². The molecule has 0 bridgehead atoms. The third-order valence-corrected chi connectivity index (χ3v) is 4.09. The van der Waals surface area contributed by atoms with Crippen molar-refractivity contribution < 1.29 is 14.3 Å². The number of nitrogens with zero attached hydrogens (tertiary/aromatic N) is 1. The highest BCUT2D eigenvalue weighted by Gasteiger charge is 2.09. The van der Waals surface area contributed by atoms with E-state index in [0.717, 1.165) is 12.2 Å². The van der Waals surface area contributed by atoms with Gasteiger partial charge in [-0.3, -0.25) is 0 Å². The minimum Gasteiger partial charge on any atom is -0.491 e. The van der Waals surface area contributed by atoms with E-state index in [9.17, 15) is 4.79 Å². The molecule has 0 radical (unpaired) electrons. The summed E-state index contributed by atoms with van der Waals surface area (Å²) in [5.74, 6) is 0.779. The molecule has 2 rings (SSSR count). The number of benzene rings is 2. The lowest BCUT2D eigenvalue weighted by atomic mass is 10.1. The molecule has 0 aliphatic heterocycles. The first-order valence-electron chi connectivity index (χ1n) is 9.11. The van der Waals surface area contributed by atoms with Crippen molar-refractivity contribution in [3.05, 3.63) is 59.7 Å². The van der Waals surface area contributed by atoms with Crippen LogP contribution in [0.1, 0.15) is 61.9 Å². The lowest BCUT2D eigenvalue weighted by Gasteiger charge is -2.15. The van der Waals surface area contributed by atoms with E-state index < -0.39 is 5.97 Å². The number of hydrogen-bond acceptors (Lipinski definition) is 4. The first kappa shape index (κ1) is 19.5. The predicted molar refractivity (Wildman–Crippen MR) is 101 cm³/mol. The molecule has 0 saturated heterocycles. The maximum Gasteiger partial charge on any atom is 0.343 e. The van der Waals surface area contributed by atoms with E-state index in [1.54, 1.807) is 36.4 Å². The molecule has 0 saturated carbocycles. The van der Waals surface area contributed by atoms with Crippen LogP contribution in [0.4, 0.5) is 0 Å². The van der Waals surface area contributed by atoms with Gasteiger partial charge in [0.05, 0.1) is 23.3 Å². The molecule has 0 amide bonds. The number of rotatable bonds is 9. The van der Waals surface area contributed by atoms with Gasteiger partial charge in [-0.25, -0.2) is 4.79 Å². The van der Waals surface area contributed by atoms with Crippen molar-refractivity contribution in [1.29, 1.82) is 5.26 Å². The molecule has 0 unspecified atom stereocenters. The number of carbonyl (C=O) groups is 1. The van der Waals surface area contributed by atoms with Gasteiger partial charge in [-0.1, -0.05) is 26.2 Å². The largest absolute Gasteiger partial charge is 0.491 e. The van der Waals surface area contributed by atoms with Crippen LogP contribution in [0.2, 0.25) is 0 Å². The van der Waals surface area contributed by atoms with Gasteiger partial charge in [0.15, 0.2) is 0 Å². The average Bonchev–Trinajstić information content (AvgIpc) is 2.67. The van der Waals surface area contributed by atoms with Crippen LogP contribution in [-0.2, 0) is 0 Å². The molecule has 136 valence electrons. The molecule has 2 aromatic carbocycles. The Morgan fingerprint density at radius 1 is 1.00 bits per heavy atom. The topological polar surface area (TPSA) is 59.3 Å². The molecular formula is C22H25NO3. The first-order chi connectivity index (χ1) is 12.6. The van der Waals surface area contributed by atoms with Crippen molar-refractivity contribution in [3.8, 4) is 17.6 Å². The van der Waals surface area contributed by atoms with Gasteiger partial charge in [0.2, 0.25) is 0 Å². The zero-order valence-electron chi connectivity index (χ0n) is 15.4. The second kappa shape index (κ2) is 10.2. The summed E-state index contributed by atoms with van der Waals surface area (Å²) in [5, 5.41) is 8.78. The van der Waals surface area contributed by atoms with Crippen LogP contribution in [0.15, 0.2) is 48.5 Å². The Hall–Kier alpha value is -2.80. The van der Waals surface area contributed by atoms with Gasteiger partial charge in [0.25, 0.3) is 0 Å². The van der Waals surface area contributed by atoms with Crippen molar-refractivity contribution in [2.24, 2.45) is 0 Å². The highest BCUT2D eigenvalue weighted by Crippen LogP contribution is 2.21. The Bertz CT molecular complexity index is 729. The van der Waals surface area contributed by atoms with Gasteiger partial charge in [0, 0.05) is 0 Å². The molecule has 26 heavy (non-hydrogen) atoms. The van der Waals surface area contributed by atoms with Gasteiger partial charge < -0.3 is 9.47 Å². The summed E-state index contributed by atoms with van der Waals surface area (Å²) in [4.78, 5) is 12.1. The average molecular weight is 351 g/mol. The van der Waals surface area contributed by atoms with Gasteiger partial charge in [0.1, 0.15) is 11.5 Å². The summed E-state index contributed by atoms with van der Waals surface area (Å²) in [6.07, 6.45) is 6.13. The molecule has 0 spiro atoms. The van der Waals surface area contributed by atoms with Crippen LogP contribution in [0, 0.1) is 11.3 Å². The third-order valence-electron chi connectivity index (χ3n) is 4.09. The summed E-state index contributed by atoms with van der Waals surface area (Å²) >= 11 is 0. The molecule has 0 heterocycles. The van der Waals surface area contributed by atoms with Gasteiger partial charge in [-0.15, -0.1) is 0 Å². The van der Waals surface area contributed by atoms with Crippen LogP contribution >= 0.6 is 0 Å². The second-order valence-electron chi connectivity index (χ2n) is 6.33. The fourth-order valence-corrected chi connectivity index (χ4v) is 2.58. The number of carbonyl (C=O) groups excluding carboxylic acids is 1. The molecule has 0 N–H and O–H groups in total. The van der Waals surface area contributed by atoms with Crippen molar-refractivity contribution in [1.82, 2.24) is 0 Å². The summed E-state index contributed by atoms with van der Waals surface area (Å²) in [6.45, 7) is 4.28. The van der Waals surface area contributed by atoms with E-state index in [2.05, 4.69) is 13.8 Å². The quantitative estimate of drug-likeness (QED) is 0.339. The van der Waals surface area contributed by atoms with Gasteiger partial charge >= 0.3 is 5.97 Å². The Labute approximate surface area is 155 Å². The maximum atomic E-state index is 12.1. The van der Waals surface area contributed by atoms with E-state index in [1.165, 1.54) is 25.7 Å². The normalized spacial score (nSPS) is 11.4. The minimum atomic E-state index is -0.451. The van der Waals surface area contributed by atoms with E-state index >= 15 is 0 Å². The van der Waals surface area contributed by atoms with Gasteiger partial charge in [-0.05, 0) is 68.3 Å². The zero-order valence-corrected chi connectivity index (χ0v) is 15.4. The molecule has 0 fully saturated rings. The van der Waals surface area contributed by atoms with E-state index in [-0.39, 0.29) is 6.10 Å². The Balaban J connectivity index is 1.84. The highest BCUT2D eigenvalue weighted by atomic mass is 16.5. The number of esters is 1. The first-order valence-corrected chi connectivity index (χ1v) is 9.11. The van der Waals surface area contributed by atoms with Crippen molar-refractivity contribution in [2.75, 3.05) is 0 Å². The van der Waals surface area contributed by atoms with E-state index in [4.69, 9.17) is 14.7 Å². The number of unbranched alkanes of at least 4 members (excludes halogenated alkanes) is 3.